The van der Waals surface area contributed by atoms with E-state index in [-0.39, 0.29) is 22.8 Å². The zero-order valence-corrected chi connectivity index (χ0v) is 17.1. The summed E-state index contributed by atoms with van der Waals surface area (Å²) in [6.07, 6.45) is 2.97. The zero-order chi connectivity index (χ0) is 24.6. The van der Waals surface area contributed by atoms with Crippen LogP contribution in [0, 0.1) is 36.0 Å². The number of aryl methyl sites for hydroxylation is 1. The van der Waals surface area contributed by atoms with E-state index in [0.29, 0.717) is 11.3 Å². The van der Waals surface area contributed by atoms with Gasteiger partial charge in [-0.3, -0.25) is 9.78 Å². The number of carbonyl (C=O) groups excluding carboxylic acids is 2. The fourth-order valence-corrected chi connectivity index (χ4v) is 3.14. The third-order valence-electron chi connectivity index (χ3n) is 4.65. The van der Waals surface area contributed by atoms with E-state index < -0.39 is 53.2 Å². The van der Waals surface area contributed by atoms with Gasteiger partial charge >= 0.3 is 5.97 Å². The van der Waals surface area contributed by atoms with Crippen LogP contribution in [0.4, 0.5) is 22.0 Å². The molecular weight excluding hydrogens is 465 g/mol. The highest BCUT2D eigenvalue weighted by Crippen LogP contribution is 2.37. The minimum atomic E-state index is -2.36. The molecule has 0 radical (unpaired) electrons. The summed E-state index contributed by atoms with van der Waals surface area (Å²) in [4.78, 5) is 28.8. The van der Waals surface area contributed by atoms with Gasteiger partial charge in [0.1, 0.15) is 11.5 Å². The van der Waals surface area contributed by atoms with Crippen LogP contribution >= 0.6 is 0 Å². The number of fused-ring (bicyclic) bond motifs is 1. The maximum absolute atomic E-state index is 13.7. The van der Waals surface area contributed by atoms with E-state index in [0.717, 1.165) is 0 Å². The molecule has 0 atom stereocenters. The van der Waals surface area contributed by atoms with Crippen molar-refractivity contribution >= 4 is 17.8 Å². The van der Waals surface area contributed by atoms with Gasteiger partial charge in [-0.15, -0.1) is 0 Å². The van der Waals surface area contributed by atoms with Gasteiger partial charge in [0.2, 0.25) is 34.9 Å². The van der Waals surface area contributed by atoms with Crippen LogP contribution in [-0.2, 0) is 4.79 Å². The fraction of sp³-hybridized carbons (Fsp3) is 0.0870. The number of ketones is 1. The van der Waals surface area contributed by atoms with Gasteiger partial charge in [0.25, 0.3) is 0 Å². The van der Waals surface area contributed by atoms with Gasteiger partial charge in [0.15, 0.2) is 18.1 Å². The molecule has 2 heterocycles. The third-order valence-corrected chi connectivity index (χ3v) is 4.65. The van der Waals surface area contributed by atoms with Gasteiger partial charge in [0, 0.05) is 18.3 Å². The summed E-state index contributed by atoms with van der Waals surface area (Å²) in [5.41, 5.74) is 1.11. The van der Waals surface area contributed by atoms with E-state index in [1.54, 1.807) is 25.1 Å². The van der Waals surface area contributed by atoms with Crippen molar-refractivity contribution in [3.8, 4) is 17.2 Å². The molecule has 0 saturated carbocycles. The minimum Gasteiger partial charge on any atom is -0.476 e. The number of hydrogen-bond donors (Lipinski definition) is 0. The van der Waals surface area contributed by atoms with Crippen molar-refractivity contribution in [1.82, 2.24) is 4.98 Å². The van der Waals surface area contributed by atoms with Crippen LogP contribution in [0.2, 0.25) is 0 Å². The molecule has 0 unspecified atom stereocenters. The summed E-state index contributed by atoms with van der Waals surface area (Å²) in [6.45, 7) is 0.394. The van der Waals surface area contributed by atoms with Crippen LogP contribution in [0.3, 0.4) is 0 Å². The summed E-state index contributed by atoms with van der Waals surface area (Å²) in [7, 11) is 0. The predicted octanol–water partition coefficient (Wildman–Crippen LogP) is 4.69. The van der Waals surface area contributed by atoms with E-state index in [9.17, 15) is 31.5 Å². The molecule has 1 aromatic heterocycles. The Hall–Kier alpha value is -4.28. The normalized spacial score (nSPS) is 13.6. The molecule has 6 nitrogen and oxygen atoms in total. The first-order chi connectivity index (χ1) is 16.2. The Morgan fingerprint density at radius 1 is 1.03 bits per heavy atom. The maximum atomic E-state index is 13.7. The lowest BCUT2D eigenvalue weighted by molar-refractivity contribution is -0.136. The van der Waals surface area contributed by atoms with E-state index >= 15 is 0 Å². The van der Waals surface area contributed by atoms with Crippen LogP contribution in [0.5, 0.6) is 17.2 Å². The fourth-order valence-electron chi connectivity index (χ4n) is 3.14. The second kappa shape index (κ2) is 8.93. The molecule has 1 aliphatic heterocycles. The number of hydrogen-bond acceptors (Lipinski definition) is 6. The van der Waals surface area contributed by atoms with E-state index in [1.807, 2.05) is 0 Å². The predicted molar refractivity (Wildman–Crippen MR) is 106 cm³/mol. The molecule has 0 aliphatic carbocycles. The Bertz CT molecular complexity index is 1330. The molecule has 4 rings (SSSR count). The average Bonchev–Trinajstić information content (AvgIpc) is 3.12. The number of aromatic nitrogens is 1. The van der Waals surface area contributed by atoms with Gasteiger partial charge in [-0.2, -0.15) is 8.78 Å². The zero-order valence-electron chi connectivity index (χ0n) is 17.1. The van der Waals surface area contributed by atoms with Crippen molar-refractivity contribution in [3.05, 3.63) is 88.2 Å². The highest BCUT2D eigenvalue weighted by Gasteiger charge is 2.31. The van der Waals surface area contributed by atoms with E-state index in [4.69, 9.17) is 9.47 Å². The molecule has 0 amide bonds. The third kappa shape index (κ3) is 4.19. The Balaban J connectivity index is 1.49. The van der Waals surface area contributed by atoms with Crippen molar-refractivity contribution < 1.29 is 45.8 Å². The molecule has 2 aromatic carbocycles. The van der Waals surface area contributed by atoms with Gasteiger partial charge in [-0.25, -0.2) is 18.0 Å². The number of nitrogens with zero attached hydrogens (tertiary/aromatic N) is 1. The monoisotopic (exact) mass is 477 g/mol. The number of rotatable bonds is 5. The Morgan fingerprint density at radius 3 is 2.35 bits per heavy atom. The number of halogens is 5. The summed E-state index contributed by atoms with van der Waals surface area (Å²) in [6, 6.07) is 7.66. The molecule has 0 spiro atoms. The van der Waals surface area contributed by atoms with Crippen LogP contribution in [0.25, 0.3) is 6.08 Å². The molecular formula is C23H12F5NO5. The SMILES string of the molecule is Cc1cc(OC(=O)COc2c(F)c(F)c(F)c(F)c2F)cc2c1C(=O)/C(=C/c1ccccn1)O2. The van der Waals surface area contributed by atoms with Gasteiger partial charge in [0.05, 0.1) is 11.3 Å². The smallest absolute Gasteiger partial charge is 0.349 e. The largest absolute Gasteiger partial charge is 0.476 e. The second-order valence-corrected chi connectivity index (χ2v) is 6.97. The first-order valence-electron chi connectivity index (χ1n) is 9.52. The van der Waals surface area contributed by atoms with Crippen molar-refractivity contribution in [3.63, 3.8) is 0 Å². The summed E-state index contributed by atoms with van der Waals surface area (Å²) >= 11 is 0. The Morgan fingerprint density at radius 2 is 1.71 bits per heavy atom. The summed E-state index contributed by atoms with van der Waals surface area (Å²) in [5, 5.41) is 0. The molecule has 0 N–H and O–H groups in total. The number of esters is 1. The molecule has 0 bridgehead atoms. The molecule has 34 heavy (non-hydrogen) atoms. The van der Waals surface area contributed by atoms with E-state index in [2.05, 4.69) is 9.72 Å². The molecule has 3 aromatic rings. The standard InChI is InChI=1S/C23H12F5NO5/c1-10-6-12(8-13-16(10)22(31)14(34-13)7-11-4-2-3-5-29-11)33-15(30)9-32-23-20(27)18(25)17(24)19(26)21(23)28/h2-8H,9H2,1H3/b14-7-. The van der Waals surface area contributed by atoms with Crippen LogP contribution < -0.4 is 14.2 Å². The number of carbonyl (C=O) groups is 2. The van der Waals surface area contributed by atoms with Crippen molar-refractivity contribution in [2.24, 2.45) is 0 Å². The van der Waals surface area contributed by atoms with Crippen molar-refractivity contribution in [1.29, 1.82) is 0 Å². The van der Waals surface area contributed by atoms with Crippen molar-refractivity contribution in [2.45, 2.75) is 6.92 Å². The first-order valence-corrected chi connectivity index (χ1v) is 9.52. The quantitative estimate of drug-likeness (QED) is 0.133. The number of benzene rings is 2. The highest BCUT2D eigenvalue weighted by atomic mass is 19.2. The Kier molecular flexibility index (Phi) is 6.01. The summed E-state index contributed by atoms with van der Waals surface area (Å²) < 4.78 is 81.9. The lowest BCUT2D eigenvalue weighted by Gasteiger charge is -2.11. The number of allylic oxidation sites excluding steroid dienone is 1. The van der Waals surface area contributed by atoms with Crippen LogP contribution in [0.15, 0.2) is 42.3 Å². The second-order valence-electron chi connectivity index (χ2n) is 6.97. The number of ether oxygens (including phenoxy) is 3. The molecule has 1 aliphatic rings. The topological polar surface area (TPSA) is 74.7 Å². The summed E-state index contributed by atoms with van der Waals surface area (Å²) in [5.74, 6) is -14.5. The minimum absolute atomic E-state index is 0.00470. The maximum Gasteiger partial charge on any atom is 0.349 e. The lowest BCUT2D eigenvalue weighted by Crippen LogP contribution is -2.19. The number of Topliss-reactive ketones (excluding diaryl/α,β-unsaturated/α-hetero) is 1. The van der Waals surface area contributed by atoms with Crippen molar-refractivity contribution in [2.75, 3.05) is 6.61 Å². The lowest BCUT2D eigenvalue weighted by atomic mass is 10.0. The van der Waals surface area contributed by atoms with Gasteiger partial charge < -0.3 is 14.2 Å². The average molecular weight is 477 g/mol. The molecule has 174 valence electrons. The first kappa shape index (κ1) is 22.9. The van der Waals surface area contributed by atoms with Gasteiger partial charge in [-0.05, 0) is 30.7 Å². The highest BCUT2D eigenvalue weighted by molar-refractivity contribution is 6.15. The van der Waals surface area contributed by atoms with Crippen LogP contribution in [0.1, 0.15) is 21.6 Å². The molecule has 0 fully saturated rings. The van der Waals surface area contributed by atoms with Gasteiger partial charge in [-0.1, -0.05) is 6.07 Å². The molecule has 11 heteroatoms. The molecule has 0 saturated heterocycles. The Labute approximate surface area is 188 Å². The van der Waals surface area contributed by atoms with E-state index in [1.165, 1.54) is 24.4 Å². The van der Waals surface area contributed by atoms with Crippen LogP contribution in [-0.4, -0.2) is 23.3 Å². The number of pyridine rings is 1.